The van der Waals surface area contributed by atoms with Gasteiger partial charge in [0.25, 0.3) is 0 Å². The molecule has 0 unspecified atom stereocenters. The minimum absolute atomic E-state index is 0.588. The van der Waals surface area contributed by atoms with Crippen LogP contribution < -0.4 is 5.32 Å². The third-order valence-electron chi connectivity index (χ3n) is 1.30. The molecule has 1 aromatic carbocycles. The number of hydrogen-bond donors (Lipinski definition) is 1. The molecule has 0 heterocycles. The molecule has 11 heavy (non-hydrogen) atoms. The van der Waals surface area contributed by atoms with Crippen molar-refractivity contribution in [1.29, 1.82) is 0 Å². The SMILES string of the molecule is CCNc1ccc(Cl)c(Cl)c1. The monoisotopic (exact) mass is 189 g/mol. The zero-order chi connectivity index (χ0) is 8.27. The first-order chi connectivity index (χ1) is 5.24. The van der Waals surface area contributed by atoms with Crippen LogP contribution in [0.2, 0.25) is 10.0 Å². The predicted octanol–water partition coefficient (Wildman–Crippen LogP) is 3.43. The van der Waals surface area contributed by atoms with Crippen LogP contribution in [0.4, 0.5) is 5.69 Å². The molecule has 0 amide bonds. The van der Waals surface area contributed by atoms with Gasteiger partial charge in [-0.05, 0) is 25.1 Å². The molecule has 1 nitrogen and oxygen atoms in total. The second-order valence-corrected chi connectivity index (χ2v) is 2.97. The van der Waals surface area contributed by atoms with Crippen molar-refractivity contribution in [3.8, 4) is 0 Å². The first-order valence-electron chi connectivity index (χ1n) is 3.43. The highest BCUT2D eigenvalue weighted by Gasteiger charge is 1.96. The standard InChI is InChI=1S/C8H9Cl2N/c1-2-11-6-3-4-7(9)8(10)5-6/h3-5,11H,2H2,1H3. The summed E-state index contributed by atoms with van der Waals surface area (Å²) >= 11 is 11.5. The second kappa shape index (κ2) is 3.84. The van der Waals surface area contributed by atoms with Gasteiger partial charge in [0.15, 0.2) is 0 Å². The Kier molecular flexibility index (Phi) is 3.03. The van der Waals surface area contributed by atoms with Crippen molar-refractivity contribution in [2.45, 2.75) is 6.92 Å². The zero-order valence-electron chi connectivity index (χ0n) is 6.20. The molecule has 0 saturated carbocycles. The minimum Gasteiger partial charge on any atom is -0.385 e. The van der Waals surface area contributed by atoms with Gasteiger partial charge in [-0.2, -0.15) is 0 Å². The van der Waals surface area contributed by atoms with Crippen LogP contribution in [0, 0.1) is 0 Å². The van der Waals surface area contributed by atoms with Crippen LogP contribution in [0.15, 0.2) is 18.2 Å². The summed E-state index contributed by atoms with van der Waals surface area (Å²) in [4.78, 5) is 0. The van der Waals surface area contributed by atoms with Crippen LogP contribution >= 0.6 is 23.2 Å². The van der Waals surface area contributed by atoms with Crippen molar-refractivity contribution in [3.05, 3.63) is 28.2 Å². The summed E-state index contributed by atoms with van der Waals surface area (Å²) in [5.41, 5.74) is 1.00. The maximum atomic E-state index is 5.78. The quantitative estimate of drug-likeness (QED) is 0.753. The Bertz CT molecular complexity index is 248. The van der Waals surface area contributed by atoms with Gasteiger partial charge >= 0.3 is 0 Å². The third-order valence-corrected chi connectivity index (χ3v) is 2.04. The molecule has 60 valence electrons. The average Bonchev–Trinajstić information content (AvgIpc) is 1.98. The van der Waals surface area contributed by atoms with E-state index in [2.05, 4.69) is 5.32 Å². The summed E-state index contributed by atoms with van der Waals surface area (Å²) in [5, 5.41) is 4.31. The number of rotatable bonds is 2. The summed E-state index contributed by atoms with van der Waals surface area (Å²) in [6.45, 7) is 2.92. The maximum absolute atomic E-state index is 5.78. The lowest BCUT2D eigenvalue weighted by Gasteiger charge is -2.03. The highest BCUT2D eigenvalue weighted by atomic mass is 35.5. The number of nitrogens with one attached hydrogen (secondary N) is 1. The Morgan fingerprint density at radius 1 is 1.27 bits per heavy atom. The fraction of sp³-hybridized carbons (Fsp3) is 0.250. The molecule has 0 fully saturated rings. The van der Waals surface area contributed by atoms with Crippen molar-refractivity contribution >= 4 is 28.9 Å². The van der Waals surface area contributed by atoms with Gasteiger partial charge in [0, 0.05) is 12.2 Å². The summed E-state index contributed by atoms with van der Waals surface area (Å²) in [7, 11) is 0. The van der Waals surface area contributed by atoms with Gasteiger partial charge in [-0.25, -0.2) is 0 Å². The van der Waals surface area contributed by atoms with E-state index in [1.165, 1.54) is 0 Å². The molecule has 0 spiro atoms. The van der Waals surface area contributed by atoms with Crippen LogP contribution in [0.1, 0.15) is 6.92 Å². The molecule has 3 heteroatoms. The Morgan fingerprint density at radius 2 is 2.00 bits per heavy atom. The Labute approximate surface area is 76.3 Å². The van der Waals surface area contributed by atoms with E-state index in [0.29, 0.717) is 10.0 Å². The van der Waals surface area contributed by atoms with Crippen molar-refractivity contribution in [3.63, 3.8) is 0 Å². The van der Waals surface area contributed by atoms with Gasteiger partial charge < -0.3 is 5.32 Å². The topological polar surface area (TPSA) is 12.0 Å². The van der Waals surface area contributed by atoms with E-state index >= 15 is 0 Å². The lowest BCUT2D eigenvalue weighted by molar-refractivity contribution is 1.21. The van der Waals surface area contributed by atoms with E-state index in [9.17, 15) is 0 Å². The summed E-state index contributed by atoms with van der Waals surface area (Å²) in [6.07, 6.45) is 0. The maximum Gasteiger partial charge on any atom is 0.0612 e. The van der Waals surface area contributed by atoms with Crippen molar-refractivity contribution in [2.75, 3.05) is 11.9 Å². The molecular formula is C8H9Cl2N. The molecule has 1 N–H and O–H groups in total. The fourth-order valence-electron chi connectivity index (χ4n) is 0.810. The van der Waals surface area contributed by atoms with Crippen LogP contribution in [-0.4, -0.2) is 6.54 Å². The molecule has 0 radical (unpaired) electrons. The molecule has 1 aromatic rings. The Balaban J connectivity index is 2.86. The smallest absolute Gasteiger partial charge is 0.0612 e. The van der Waals surface area contributed by atoms with E-state index in [-0.39, 0.29) is 0 Å². The van der Waals surface area contributed by atoms with Gasteiger partial charge in [0.05, 0.1) is 10.0 Å². The van der Waals surface area contributed by atoms with Crippen LogP contribution in [-0.2, 0) is 0 Å². The van der Waals surface area contributed by atoms with Gasteiger partial charge in [-0.3, -0.25) is 0 Å². The third kappa shape index (κ3) is 2.28. The van der Waals surface area contributed by atoms with Gasteiger partial charge in [0.1, 0.15) is 0 Å². The van der Waals surface area contributed by atoms with Crippen molar-refractivity contribution in [2.24, 2.45) is 0 Å². The second-order valence-electron chi connectivity index (χ2n) is 2.16. The normalized spacial score (nSPS) is 9.73. The van der Waals surface area contributed by atoms with E-state index in [4.69, 9.17) is 23.2 Å². The minimum atomic E-state index is 0.588. The molecule has 0 saturated heterocycles. The lowest BCUT2D eigenvalue weighted by atomic mass is 10.3. The largest absolute Gasteiger partial charge is 0.385 e. The number of hydrogen-bond acceptors (Lipinski definition) is 1. The summed E-state index contributed by atoms with van der Waals surface area (Å²) in [6, 6.07) is 5.49. The van der Waals surface area contributed by atoms with Gasteiger partial charge in [0.2, 0.25) is 0 Å². The molecule has 0 aromatic heterocycles. The Morgan fingerprint density at radius 3 is 2.55 bits per heavy atom. The number of anilines is 1. The fourth-order valence-corrected chi connectivity index (χ4v) is 1.11. The first kappa shape index (κ1) is 8.69. The van der Waals surface area contributed by atoms with Crippen LogP contribution in [0.5, 0.6) is 0 Å². The average molecular weight is 190 g/mol. The van der Waals surface area contributed by atoms with E-state index < -0.39 is 0 Å². The Hall–Kier alpha value is -0.400. The summed E-state index contributed by atoms with van der Waals surface area (Å²) in [5.74, 6) is 0. The number of benzene rings is 1. The molecule has 0 atom stereocenters. The van der Waals surface area contributed by atoms with E-state index in [1.807, 2.05) is 19.1 Å². The van der Waals surface area contributed by atoms with Crippen molar-refractivity contribution in [1.82, 2.24) is 0 Å². The molecule has 0 aliphatic rings. The van der Waals surface area contributed by atoms with Gasteiger partial charge in [-0.15, -0.1) is 0 Å². The van der Waals surface area contributed by atoms with Gasteiger partial charge in [-0.1, -0.05) is 23.2 Å². The first-order valence-corrected chi connectivity index (χ1v) is 4.18. The number of halogens is 2. The molecular weight excluding hydrogens is 181 g/mol. The van der Waals surface area contributed by atoms with E-state index in [1.54, 1.807) is 6.07 Å². The summed E-state index contributed by atoms with van der Waals surface area (Å²) < 4.78 is 0. The van der Waals surface area contributed by atoms with Crippen LogP contribution in [0.3, 0.4) is 0 Å². The highest BCUT2D eigenvalue weighted by molar-refractivity contribution is 6.42. The van der Waals surface area contributed by atoms with E-state index in [0.717, 1.165) is 12.2 Å². The van der Waals surface area contributed by atoms with Crippen LogP contribution in [0.25, 0.3) is 0 Å². The zero-order valence-corrected chi connectivity index (χ0v) is 7.71. The molecule has 1 rings (SSSR count). The predicted molar refractivity (Wildman–Crippen MR) is 50.6 cm³/mol. The molecule has 0 bridgehead atoms. The molecule has 0 aliphatic heterocycles. The van der Waals surface area contributed by atoms with Crippen molar-refractivity contribution < 1.29 is 0 Å². The highest BCUT2D eigenvalue weighted by Crippen LogP contribution is 2.24. The lowest BCUT2D eigenvalue weighted by Crippen LogP contribution is -1.95. The molecule has 0 aliphatic carbocycles.